The summed E-state index contributed by atoms with van der Waals surface area (Å²) in [5, 5.41) is 24.8. The summed E-state index contributed by atoms with van der Waals surface area (Å²) in [5.74, 6) is -1.44. The van der Waals surface area contributed by atoms with Crippen molar-refractivity contribution < 1.29 is 27.1 Å². The highest BCUT2D eigenvalue weighted by molar-refractivity contribution is 5.42. The van der Waals surface area contributed by atoms with Crippen molar-refractivity contribution in [1.82, 2.24) is 25.3 Å². The van der Waals surface area contributed by atoms with Crippen LogP contribution in [-0.2, 0) is 6.18 Å². The van der Waals surface area contributed by atoms with Gasteiger partial charge in [0.05, 0.1) is 18.0 Å². The second kappa shape index (κ2) is 9.07. The lowest BCUT2D eigenvalue weighted by atomic mass is 9.43. The summed E-state index contributed by atoms with van der Waals surface area (Å²) >= 11 is 0. The van der Waals surface area contributed by atoms with Gasteiger partial charge in [0.25, 0.3) is 0 Å². The van der Waals surface area contributed by atoms with Crippen molar-refractivity contribution in [2.45, 2.75) is 44.6 Å². The molecule has 5 atom stereocenters. The second-order valence-corrected chi connectivity index (χ2v) is 9.57. The standard InChI is InChI=1S/C24H25F5N6O/c1-13-19(34-21-18(26)9-15(12-30-21)24(27,28)29)10-23(13)6-5-14(23)11-31-22(36)16-3-2-4-17(25)20(16)35-32-7-8-33-35/h2-4,7-9,12-14,19,22,31,36H,5-6,10-11H2,1H3,(H,30,34). The molecule has 12 heteroatoms. The molecular weight excluding hydrogens is 483 g/mol. The summed E-state index contributed by atoms with van der Waals surface area (Å²) in [6, 6.07) is 4.70. The third-order valence-corrected chi connectivity index (χ3v) is 7.86. The number of pyridine rings is 1. The second-order valence-electron chi connectivity index (χ2n) is 9.57. The first-order valence-electron chi connectivity index (χ1n) is 11.7. The maximum atomic E-state index is 14.5. The van der Waals surface area contributed by atoms with Crippen molar-refractivity contribution in [2.24, 2.45) is 17.3 Å². The molecule has 3 N–H and O–H groups in total. The van der Waals surface area contributed by atoms with Crippen LogP contribution in [0, 0.1) is 28.9 Å². The minimum absolute atomic E-state index is 0.0267. The van der Waals surface area contributed by atoms with Crippen molar-refractivity contribution in [1.29, 1.82) is 0 Å². The number of nitrogens with one attached hydrogen (secondary N) is 2. The molecule has 2 aliphatic rings. The van der Waals surface area contributed by atoms with Gasteiger partial charge in [-0.1, -0.05) is 19.1 Å². The average Bonchev–Trinajstić information content (AvgIpc) is 3.34. The number of hydrogen-bond acceptors (Lipinski definition) is 6. The fourth-order valence-corrected chi connectivity index (χ4v) is 5.61. The van der Waals surface area contributed by atoms with Crippen molar-refractivity contribution in [3.05, 3.63) is 65.6 Å². The lowest BCUT2D eigenvalue weighted by molar-refractivity contribution is -0.138. The van der Waals surface area contributed by atoms with E-state index in [1.54, 1.807) is 6.07 Å². The normalized spacial score (nSPS) is 26.4. The molecule has 0 saturated heterocycles. The number of aliphatic hydroxyl groups is 1. The van der Waals surface area contributed by atoms with Crippen molar-refractivity contribution in [3.63, 3.8) is 0 Å². The molecule has 2 saturated carbocycles. The molecule has 0 aliphatic heterocycles. The number of aromatic nitrogens is 4. The molecule has 5 unspecified atom stereocenters. The van der Waals surface area contributed by atoms with Gasteiger partial charge in [-0.05, 0) is 48.6 Å². The fourth-order valence-electron chi connectivity index (χ4n) is 5.61. The van der Waals surface area contributed by atoms with E-state index in [0.717, 1.165) is 17.6 Å². The Bertz CT molecular complexity index is 1240. The van der Waals surface area contributed by atoms with Gasteiger partial charge in [-0.2, -0.15) is 23.4 Å². The zero-order valence-corrected chi connectivity index (χ0v) is 19.3. The number of aliphatic hydroxyl groups excluding tert-OH is 1. The highest BCUT2D eigenvalue weighted by Gasteiger charge is 2.60. The SMILES string of the molecule is CC1C(Nc2ncc(C(F)(F)F)cc2F)CC12CCC2CNC(O)c1cccc(F)c1-n1nccn1. The molecule has 3 aromatic rings. The van der Waals surface area contributed by atoms with Gasteiger partial charge in [0.15, 0.2) is 17.5 Å². The van der Waals surface area contributed by atoms with E-state index >= 15 is 0 Å². The van der Waals surface area contributed by atoms with Crippen LogP contribution in [0.15, 0.2) is 42.9 Å². The Hall–Kier alpha value is -3.12. The highest BCUT2D eigenvalue weighted by atomic mass is 19.4. The van der Waals surface area contributed by atoms with Gasteiger partial charge in [-0.15, -0.1) is 4.80 Å². The van der Waals surface area contributed by atoms with E-state index in [4.69, 9.17) is 0 Å². The smallest absolute Gasteiger partial charge is 0.374 e. The maximum Gasteiger partial charge on any atom is 0.417 e. The van der Waals surface area contributed by atoms with Crippen LogP contribution in [0.25, 0.3) is 5.69 Å². The third kappa shape index (κ3) is 4.21. The van der Waals surface area contributed by atoms with Crippen LogP contribution in [-0.4, -0.2) is 37.7 Å². The highest BCUT2D eigenvalue weighted by Crippen LogP contribution is 2.63. The van der Waals surface area contributed by atoms with Crippen molar-refractivity contribution in [2.75, 3.05) is 11.9 Å². The summed E-state index contributed by atoms with van der Waals surface area (Å²) in [7, 11) is 0. The summed E-state index contributed by atoms with van der Waals surface area (Å²) in [5.41, 5.74) is -0.777. The number of halogens is 5. The van der Waals surface area contributed by atoms with E-state index in [9.17, 15) is 27.1 Å². The number of alkyl halides is 3. The molecular formula is C24H25F5N6O. The monoisotopic (exact) mass is 508 g/mol. The molecule has 0 bridgehead atoms. The Kier molecular flexibility index (Phi) is 6.19. The summed E-state index contributed by atoms with van der Waals surface area (Å²) in [6.07, 6.45) is 0.265. The minimum Gasteiger partial charge on any atom is -0.374 e. The van der Waals surface area contributed by atoms with Crippen LogP contribution in [0.3, 0.4) is 0 Å². The Morgan fingerprint density at radius 1 is 1.19 bits per heavy atom. The number of hydrogen-bond donors (Lipinski definition) is 3. The molecule has 2 aliphatic carbocycles. The first-order chi connectivity index (χ1) is 17.1. The van der Waals surface area contributed by atoms with Crippen molar-refractivity contribution in [3.8, 4) is 5.69 Å². The number of rotatable bonds is 7. The molecule has 1 spiro atoms. The van der Waals surface area contributed by atoms with Gasteiger partial charge in [0.2, 0.25) is 0 Å². The van der Waals surface area contributed by atoms with Crippen LogP contribution in [0.2, 0.25) is 0 Å². The van der Waals surface area contributed by atoms with Crippen LogP contribution in [0.4, 0.5) is 27.8 Å². The topological polar surface area (TPSA) is 87.9 Å². The van der Waals surface area contributed by atoms with E-state index in [1.165, 1.54) is 24.5 Å². The summed E-state index contributed by atoms with van der Waals surface area (Å²) in [4.78, 5) is 4.77. The summed E-state index contributed by atoms with van der Waals surface area (Å²) < 4.78 is 67.0. The van der Waals surface area contributed by atoms with E-state index in [1.807, 2.05) is 6.92 Å². The Morgan fingerprint density at radius 3 is 2.56 bits per heavy atom. The molecule has 0 amide bonds. The van der Waals surface area contributed by atoms with Crippen molar-refractivity contribution >= 4 is 5.82 Å². The van der Waals surface area contributed by atoms with Gasteiger partial charge >= 0.3 is 6.18 Å². The number of benzene rings is 1. The minimum atomic E-state index is -4.65. The van der Waals surface area contributed by atoms with Crippen LogP contribution in [0.5, 0.6) is 0 Å². The van der Waals surface area contributed by atoms with Crippen LogP contribution in [0.1, 0.15) is 43.5 Å². The molecule has 0 radical (unpaired) electrons. The predicted molar refractivity (Wildman–Crippen MR) is 120 cm³/mol. The number of para-hydroxylation sites is 1. The number of anilines is 1. The van der Waals surface area contributed by atoms with Crippen LogP contribution >= 0.6 is 0 Å². The quantitative estimate of drug-likeness (QED) is 0.323. The Labute approximate surface area is 203 Å². The van der Waals surface area contributed by atoms with Crippen LogP contribution < -0.4 is 10.6 Å². The zero-order valence-electron chi connectivity index (χ0n) is 19.3. The van der Waals surface area contributed by atoms with E-state index in [-0.39, 0.29) is 34.8 Å². The first-order valence-corrected chi connectivity index (χ1v) is 11.7. The molecule has 2 aromatic heterocycles. The molecule has 1 aromatic carbocycles. The first kappa shape index (κ1) is 24.6. The van der Waals surface area contributed by atoms with Gasteiger partial charge in [0, 0.05) is 24.3 Å². The molecule has 36 heavy (non-hydrogen) atoms. The molecule has 7 nitrogen and oxygen atoms in total. The number of nitrogens with zero attached hydrogens (tertiary/aromatic N) is 4. The molecule has 2 fully saturated rings. The summed E-state index contributed by atoms with van der Waals surface area (Å²) in [6.45, 7) is 2.51. The van der Waals surface area contributed by atoms with E-state index < -0.39 is 29.6 Å². The Balaban J connectivity index is 1.21. The van der Waals surface area contributed by atoms with Gasteiger partial charge in [-0.3, -0.25) is 5.32 Å². The lowest BCUT2D eigenvalue weighted by Gasteiger charge is -2.64. The van der Waals surface area contributed by atoms with E-state index in [2.05, 4.69) is 25.8 Å². The molecule has 2 heterocycles. The lowest BCUT2D eigenvalue weighted by Crippen LogP contribution is -2.63. The zero-order chi connectivity index (χ0) is 25.7. The molecule has 192 valence electrons. The fraction of sp³-hybridized carbons (Fsp3) is 0.458. The average molecular weight is 508 g/mol. The third-order valence-electron chi connectivity index (χ3n) is 7.86. The maximum absolute atomic E-state index is 14.5. The molecule has 5 rings (SSSR count). The Morgan fingerprint density at radius 2 is 1.94 bits per heavy atom. The van der Waals surface area contributed by atoms with Gasteiger partial charge in [-0.25, -0.2) is 13.8 Å². The predicted octanol–water partition coefficient (Wildman–Crippen LogP) is 4.46. The van der Waals surface area contributed by atoms with Gasteiger partial charge < -0.3 is 10.4 Å². The largest absolute Gasteiger partial charge is 0.417 e. The van der Waals surface area contributed by atoms with Gasteiger partial charge in [0.1, 0.15) is 11.9 Å². The van der Waals surface area contributed by atoms with E-state index in [0.29, 0.717) is 30.8 Å².